The molecule has 2 aromatic carbocycles. The maximum Gasteiger partial charge on any atom is 0.224 e. The fraction of sp³-hybridized carbons (Fsp3) is 0.333. The zero-order valence-electron chi connectivity index (χ0n) is 15.0. The van der Waals surface area contributed by atoms with E-state index in [4.69, 9.17) is 4.74 Å². The van der Waals surface area contributed by atoms with Crippen molar-refractivity contribution in [1.82, 2.24) is 10.2 Å². The monoisotopic (exact) mass is 352 g/mol. The highest BCUT2D eigenvalue weighted by atomic mass is 16.5. The number of likely N-dealkylation sites (tertiary alicyclic amines) is 1. The van der Waals surface area contributed by atoms with Gasteiger partial charge < -0.3 is 15.0 Å². The van der Waals surface area contributed by atoms with Gasteiger partial charge >= 0.3 is 0 Å². The van der Waals surface area contributed by atoms with Crippen LogP contribution in [0.2, 0.25) is 0 Å². The highest BCUT2D eigenvalue weighted by molar-refractivity contribution is 5.83. The zero-order valence-corrected chi connectivity index (χ0v) is 15.0. The van der Waals surface area contributed by atoms with E-state index >= 15 is 0 Å². The van der Waals surface area contributed by atoms with Gasteiger partial charge in [0.15, 0.2) is 0 Å². The number of rotatable bonds is 7. The van der Waals surface area contributed by atoms with E-state index in [0.29, 0.717) is 25.9 Å². The van der Waals surface area contributed by atoms with Crippen molar-refractivity contribution in [2.75, 3.05) is 20.2 Å². The molecular weight excluding hydrogens is 328 g/mol. The quantitative estimate of drug-likeness (QED) is 0.831. The normalized spacial score (nSPS) is 16.6. The molecule has 5 heteroatoms. The summed E-state index contributed by atoms with van der Waals surface area (Å²) in [4.78, 5) is 26.2. The number of nitrogens with zero attached hydrogens (tertiary/aromatic N) is 1. The Balaban J connectivity index is 1.46. The molecule has 0 aromatic heterocycles. The van der Waals surface area contributed by atoms with Crippen molar-refractivity contribution in [3.63, 3.8) is 0 Å². The fourth-order valence-corrected chi connectivity index (χ4v) is 3.20. The van der Waals surface area contributed by atoms with Crippen LogP contribution in [-0.2, 0) is 22.4 Å². The van der Waals surface area contributed by atoms with Gasteiger partial charge in [0.1, 0.15) is 5.75 Å². The molecule has 1 N–H and O–H groups in total. The van der Waals surface area contributed by atoms with Crippen molar-refractivity contribution in [2.24, 2.45) is 0 Å². The van der Waals surface area contributed by atoms with Gasteiger partial charge in [-0.1, -0.05) is 42.5 Å². The third kappa shape index (κ3) is 4.85. The van der Waals surface area contributed by atoms with Crippen LogP contribution in [0.15, 0.2) is 54.6 Å². The molecule has 0 bridgehead atoms. The van der Waals surface area contributed by atoms with Crippen molar-refractivity contribution >= 4 is 11.8 Å². The summed E-state index contributed by atoms with van der Waals surface area (Å²) in [5, 5.41) is 2.98. The predicted molar refractivity (Wildman–Crippen MR) is 100.0 cm³/mol. The minimum atomic E-state index is -0.102. The summed E-state index contributed by atoms with van der Waals surface area (Å²) in [6, 6.07) is 17.4. The number of amides is 2. The molecule has 0 radical (unpaired) electrons. The number of carbonyl (C=O) groups excluding carboxylic acids is 2. The lowest BCUT2D eigenvalue weighted by molar-refractivity contribution is -0.127. The Morgan fingerprint density at radius 3 is 2.54 bits per heavy atom. The van der Waals surface area contributed by atoms with Crippen molar-refractivity contribution in [1.29, 1.82) is 0 Å². The molecule has 0 aliphatic carbocycles. The smallest absolute Gasteiger partial charge is 0.224 e. The molecule has 5 nitrogen and oxygen atoms in total. The van der Waals surface area contributed by atoms with Gasteiger partial charge in [0.2, 0.25) is 11.8 Å². The van der Waals surface area contributed by atoms with E-state index in [1.165, 1.54) is 0 Å². The predicted octanol–water partition coefficient (Wildman–Crippen LogP) is 2.20. The van der Waals surface area contributed by atoms with Gasteiger partial charge in [-0.2, -0.15) is 0 Å². The summed E-state index contributed by atoms with van der Waals surface area (Å²) >= 11 is 0. The Morgan fingerprint density at radius 1 is 1.12 bits per heavy atom. The van der Waals surface area contributed by atoms with Gasteiger partial charge in [0.05, 0.1) is 19.6 Å². The molecule has 2 amide bonds. The summed E-state index contributed by atoms with van der Waals surface area (Å²) in [7, 11) is 1.64. The molecule has 1 atom stereocenters. The van der Waals surface area contributed by atoms with E-state index in [1.807, 2.05) is 59.5 Å². The number of ether oxygens (including phenoxy) is 1. The molecular formula is C21H24N2O3. The Bertz CT molecular complexity index is 744. The summed E-state index contributed by atoms with van der Waals surface area (Å²) in [5.74, 6) is 0.890. The molecule has 1 unspecified atom stereocenters. The largest absolute Gasteiger partial charge is 0.497 e. The number of hydrogen-bond donors (Lipinski definition) is 1. The van der Waals surface area contributed by atoms with E-state index in [-0.39, 0.29) is 17.9 Å². The van der Waals surface area contributed by atoms with Crippen LogP contribution in [0, 0.1) is 0 Å². The average Bonchev–Trinajstić information content (AvgIpc) is 3.00. The summed E-state index contributed by atoms with van der Waals surface area (Å²) in [6.45, 7) is 1.24. The lowest BCUT2D eigenvalue weighted by Crippen LogP contribution is -2.38. The summed E-state index contributed by atoms with van der Waals surface area (Å²) in [6.07, 6.45) is 1.51. The van der Waals surface area contributed by atoms with Gasteiger partial charge in [0.25, 0.3) is 0 Å². The number of hydrogen-bond acceptors (Lipinski definition) is 3. The molecule has 1 heterocycles. The Labute approximate surface area is 154 Å². The van der Waals surface area contributed by atoms with E-state index in [2.05, 4.69) is 5.32 Å². The van der Waals surface area contributed by atoms with E-state index in [0.717, 1.165) is 23.3 Å². The minimum absolute atomic E-state index is 0.0361. The number of methoxy groups -OCH3 is 1. The zero-order chi connectivity index (χ0) is 18.4. The maximum absolute atomic E-state index is 12.2. The topological polar surface area (TPSA) is 58.6 Å². The molecule has 1 aliphatic rings. The number of nitrogens with one attached hydrogen (secondary N) is 1. The first-order valence-electron chi connectivity index (χ1n) is 8.88. The third-order valence-corrected chi connectivity index (χ3v) is 4.62. The molecule has 136 valence electrons. The first kappa shape index (κ1) is 18.0. The van der Waals surface area contributed by atoms with E-state index in [9.17, 15) is 9.59 Å². The minimum Gasteiger partial charge on any atom is -0.497 e. The van der Waals surface area contributed by atoms with Crippen molar-refractivity contribution < 1.29 is 14.3 Å². The summed E-state index contributed by atoms with van der Waals surface area (Å²) < 4.78 is 5.15. The standard InChI is InChI=1S/C21H24N2O3/c1-26-19-9-7-16(8-10-19)11-12-23-15-18(14-21(23)25)22-20(24)13-17-5-3-2-4-6-17/h2-10,18H,11-15H2,1H3,(H,22,24). The van der Waals surface area contributed by atoms with Crippen LogP contribution in [0.4, 0.5) is 0 Å². The molecule has 0 saturated carbocycles. The molecule has 26 heavy (non-hydrogen) atoms. The fourth-order valence-electron chi connectivity index (χ4n) is 3.20. The van der Waals surface area contributed by atoms with Crippen LogP contribution >= 0.6 is 0 Å². The van der Waals surface area contributed by atoms with Crippen LogP contribution in [-0.4, -0.2) is 43.0 Å². The third-order valence-electron chi connectivity index (χ3n) is 4.62. The van der Waals surface area contributed by atoms with Gasteiger partial charge in [-0.3, -0.25) is 9.59 Å². The highest BCUT2D eigenvalue weighted by Gasteiger charge is 2.30. The molecule has 1 aliphatic heterocycles. The second-order valence-corrected chi connectivity index (χ2v) is 6.57. The second-order valence-electron chi connectivity index (χ2n) is 6.57. The molecule has 2 aromatic rings. The van der Waals surface area contributed by atoms with Gasteiger partial charge in [-0.05, 0) is 29.7 Å². The Hall–Kier alpha value is -2.82. The molecule has 1 fully saturated rings. The van der Waals surface area contributed by atoms with Crippen molar-refractivity contribution in [3.8, 4) is 5.75 Å². The average molecular weight is 352 g/mol. The van der Waals surface area contributed by atoms with Gasteiger partial charge in [-0.25, -0.2) is 0 Å². The SMILES string of the molecule is COc1ccc(CCN2CC(NC(=O)Cc3ccccc3)CC2=O)cc1. The molecule has 0 spiro atoms. The van der Waals surface area contributed by atoms with Gasteiger partial charge in [0, 0.05) is 19.5 Å². The second kappa shape index (κ2) is 8.52. The van der Waals surface area contributed by atoms with E-state index < -0.39 is 0 Å². The van der Waals surface area contributed by atoms with Crippen molar-refractivity contribution in [2.45, 2.75) is 25.3 Å². The van der Waals surface area contributed by atoms with Crippen molar-refractivity contribution in [3.05, 3.63) is 65.7 Å². The lowest BCUT2D eigenvalue weighted by Gasteiger charge is -2.17. The first-order valence-corrected chi connectivity index (χ1v) is 8.88. The number of carbonyl (C=O) groups is 2. The highest BCUT2D eigenvalue weighted by Crippen LogP contribution is 2.15. The Morgan fingerprint density at radius 2 is 1.85 bits per heavy atom. The van der Waals surface area contributed by atoms with E-state index in [1.54, 1.807) is 7.11 Å². The van der Waals surface area contributed by atoms with Crippen LogP contribution < -0.4 is 10.1 Å². The van der Waals surface area contributed by atoms with Crippen LogP contribution in [0.5, 0.6) is 5.75 Å². The number of benzene rings is 2. The molecule has 3 rings (SSSR count). The maximum atomic E-state index is 12.2. The Kier molecular flexibility index (Phi) is 5.89. The van der Waals surface area contributed by atoms with Crippen LogP contribution in [0.25, 0.3) is 0 Å². The first-order chi connectivity index (χ1) is 12.6. The van der Waals surface area contributed by atoms with Gasteiger partial charge in [-0.15, -0.1) is 0 Å². The van der Waals surface area contributed by atoms with Crippen LogP contribution in [0.3, 0.4) is 0 Å². The van der Waals surface area contributed by atoms with Crippen LogP contribution in [0.1, 0.15) is 17.5 Å². The lowest BCUT2D eigenvalue weighted by atomic mass is 10.1. The summed E-state index contributed by atoms with van der Waals surface area (Å²) in [5.41, 5.74) is 2.14. The molecule has 1 saturated heterocycles.